The SMILES string of the molecule is O=C(O)N1CCN(c2nc3nc[nH]c(=O)c3n2Cc2ccccc2)CC1. The Balaban J connectivity index is 1.74. The summed E-state index contributed by atoms with van der Waals surface area (Å²) < 4.78 is 1.85. The maximum atomic E-state index is 12.4. The fourth-order valence-electron chi connectivity index (χ4n) is 3.22. The predicted molar refractivity (Wildman–Crippen MR) is 95.5 cm³/mol. The van der Waals surface area contributed by atoms with Crippen LogP contribution < -0.4 is 10.5 Å². The van der Waals surface area contributed by atoms with Crippen molar-refractivity contribution < 1.29 is 9.90 Å². The zero-order chi connectivity index (χ0) is 18.1. The maximum absolute atomic E-state index is 12.4. The number of H-pyrrole nitrogens is 1. The lowest BCUT2D eigenvalue weighted by atomic mass is 10.2. The van der Waals surface area contributed by atoms with E-state index >= 15 is 0 Å². The molecule has 1 fully saturated rings. The van der Waals surface area contributed by atoms with Gasteiger partial charge in [0.25, 0.3) is 5.56 Å². The molecule has 4 rings (SSSR count). The lowest BCUT2D eigenvalue weighted by Gasteiger charge is -2.33. The number of aromatic amines is 1. The van der Waals surface area contributed by atoms with Crippen molar-refractivity contribution in [2.24, 2.45) is 0 Å². The van der Waals surface area contributed by atoms with Crippen molar-refractivity contribution in [1.82, 2.24) is 24.4 Å². The fraction of sp³-hybridized carbons (Fsp3) is 0.294. The van der Waals surface area contributed by atoms with Gasteiger partial charge < -0.3 is 19.9 Å². The summed E-state index contributed by atoms with van der Waals surface area (Å²) in [7, 11) is 0. The zero-order valence-corrected chi connectivity index (χ0v) is 14.0. The minimum Gasteiger partial charge on any atom is -0.465 e. The molecule has 1 aliphatic rings. The first kappa shape index (κ1) is 16.1. The first-order valence-electron chi connectivity index (χ1n) is 8.34. The Hall–Kier alpha value is -3.36. The number of nitrogens with one attached hydrogen (secondary N) is 1. The van der Waals surface area contributed by atoms with Gasteiger partial charge in [-0.15, -0.1) is 0 Å². The quantitative estimate of drug-likeness (QED) is 0.726. The molecule has 0 atom stereocenters. The highest BCUT2D eigenvalue weighted by Gasteiger charge is 2.25. The number of anilines is 1. The molecular formula is C17H18N6O3. The largest absolute Gasteiger partial charge is 0.465 e. The Morgan fingerprint density at radius 1 is 1.15 bits per heavy atom. The molecule has 1 amide bonds. The molecule has 1 aromatic carbocycles. The summed E-state index contributed by atoms with van der Waals surface area (Å²) in [5.74, 6) is 0.637. The van der Waals surface area contributed by atoms with Crippen LogP contribution in [0.15, 0.2) is 41.5 Å². The van der Waals surface area contributed by atoms with Crippen molar-refractivity contribution in [2.45, 2.75) is 6.54 Å². The first-order chi connectivity index (χ1) is 12.6. The van der Waals surface area contributed by atoms with Crippen LogP contribution in [0.25, 0.3) is 11.2 Å². The fourth-order valence-corrected chi connectivity index (χ4v) is 3.22. The number of nitrogens with zero attached hydrogens (tertiary/aromatic N) is 5. The summed E-state index contributed by atoms with van der Waals surface area (Å²) in [5.41, 5.74) is 1.61. The number of rotatable bonds is 3. The van der Waals surface area contributed by atoms with Crippen molar-refractivity contribution in [3.05, 3.63) is 52.6 Å². The molecule has 0 bridgehead atoms. The number of hydrogen-bond acceptors (Lipinski definition) is 5. The molecule has 3 heterocycles. The number of benzene rings is 1. The van der Waals surface area contributed by atoms with E-state index in [1.54, 1.807) is 0 Å². The van der Waals surface area contributed by atoms with E-state index in [4.69, 9.17) is 5.11 Å². The van der Waals surface area contributed by atoms with E-state index in [1.165, 1.54) is 11.2 Å². The van der Waals surface area contributed by atoms with Gasteiger partial charge >= 0.3 is 6.09 Å². The van der Waals surface area contributed by atoms with Gasteiger partial charge in [0.2, 0.25) is 5.95 Å². The third kappa shape index (κ3) is 2.87. The van der Waals surface area contributed by atoms with Gasteiger partial charge in [-0.25, -0.2) is 9.78 Å². The molecule has 3 aromatic rings. The number of aromatic nitrogens is 4. The Bertz CT molecular complexity index is 989. The minimum atomic E-state index is -0.916. The van der Waals surface area contributed by atoms with E-state index in [1.807, 2.05) is 39.8 Å². The minimum absolute atomic E-state index is 0.242. The van der Waals surface area contributed by atoms with E-state index in [9.17, 15) is 9.59 Å². The number of imidazole rings is 1. The van der Waals surface area contributed by atoms with Crippen LogP contribution in [0.1, 0.15) is 5.56 Å². The van der Waals surface area contributed by atoms with Crippen molar-refractivity contribution >= 4 is 23.2 Å². The van der Waals surface area contributed by atoms with Crippen LogP contribution in [0.2, 0.25) is 0 Å². The number of hydrogen-bond donors (Lipinski definition) is 2. The molecule has 0 saturated carbocycles. The maximum Gasteiger partial charge on any atom is 0.407 e. The van der Waals surface area contributed by atoms with Gasteiger partial charge in [0.1, 0.15) is 0 Å². The molecule has 26 heavy (non-hydrogen) atoms. The number of piperazine rings is 1. The van der Waals surface area contributed by atoms with E-state index < -0.39 is 6.09 Å². The van der Waals surface area contributed by atoms with Crippen LogP contribution in [-0.2, 0) is 6.54 Å². The Labute approximate surface area is 148 Å². The first-order valence-corrected chi connectivity index (χ1v) is 8.34. The van der Waals surface area contributed by atoms with Gasteiger partial charge in [-0.3, -0.25) is 9.36 Å². The third-order valence-corrected chi connectivity index (χ3v) is 4.54. The highest BCUT2D eigenvalue weighted by atomic mass is 16.4. The van der Waals surface area contributed by atoms with Crippen LogP contribution in [0, 0.1) is 0 Å². The summed E-state index contributed by atoms with van der Waals surface area (Å²) in [5, 5.41) is 9.13. The van der Waals surface area contributed by atoms with Crippen LogP contribution in [-0.4, -0.2) is 61.8 Å². The average molecular weight is 354 g/mol. The summed E-state index contributed by atoms with van der Waals surface area (Å²) in [6.45, 7) is 2.31. The Kier molecular flexibility index (Phi) is 4.04. The van der Waals surface area contributed by atoms with Crippen molar-refractivity contribution in [1.29, 1.82) is 0 Å². The smallest absolute Gasteiger partial charge is 0.407 e. The van der Waals surface area contributed by atoms with Crippen LogP contribution in [0.3, 0.4) is 0 Å². The van der Waals surface area contributed by atoms with Gasteiger partial charge in [-0.2, -0.15) is 4.98 Å². The second-order valence-electron chi connectivity index (χ2n) is 6.14. The lowest BCUT2D eigenvalue weighted by Crippen LogP contribution is -2.49. The van der Waals surface area contributed by atoms with Crippen LogP contribution in [0.5, 0.6) is 0 Å². The standard InChI is InChI=1S/C17H18N6O3/c24-15-13-14(18-11-19-15)20-16(21-6-8-22(9-7-21)17(25)26)23(13)10-12-4-2-1-3-5-12/h1-5,11H,6-10H2,(H,25,26)(H,18,19,24). The van der Waals surface area contributed by atoms with Gasteiger partial charge in [-0.1, -0.05) is 30.3 Å². The second kappa shape index (κ2) is 6.51. The van der Waals surface area contributed by atoms with Crippen molar-refractivity contribution in [2.75, 3.05) is 31.1 Å². The molecular weight excluding hydrogens is 336 g/mol. The van der Waals surface area contributed by atoms with Gasteiger partial charge in [0.05, 0.1) is 12.9 Å². The van der Waals surface area contributed by atoms with Crippen molar-refractivity contribution in [3.63, 3.8) is 0 Å². The number of fused-ring (bicyclic) bond motifs is 1. The monoisotopic (exact) mass is 354 g/mol. The van der Waals surface area contributed by atoms with Gasteiger partial charge in [-0.05, 0) is 5.56 Å². The van der Waals surface area contributed by atoms with E-state index in [-0.39, 0.29) is 5.56 Å². The van der Waals surface area contributed by atoms with Gasteiger partial charge in [0.15, 0.2) is 11.2 Å². The third-order valence-electron chi connectivity index (χ3n) is 4.54. The number of carbonyl (C=O) groups is 1. The molecule has 0 radical (unpaired) electrons. The summed E-state index contributed by atoms with van der Waals surface area (Å²) in [4.78, 5) is 38.2. The summed E-state index contributed by atoms with van der Waals surface area (Å²) in [6.07, 6.45) is 0.428. The van der Waals surface area contributed by atoms with E-state index in [0.717, 1.165) is 5.56 Å². The van der Waals surface area contributed by atoms with Gasteiger partial charge in [0, 0.05) is 26.2 Å². The molecule has 1 aliphatic heterocycles. The lowest BCUT2D eigenvalue weighted by molar-refractivity contribution is 0.142. The topological polar surface area (TPSA) is 107 Å². The summed E-state index contributed by atoms with van der Waals surface area (Å²) in [6, 6.07) is 9.81. The average Bonchev–Trinajstić information content (AvgIpc) is 3.02. The van der Waals surface area contributed by atoms with E-state index in [0.29, 0.717) is 49.8 Å². The van der Waals surface area contributed by atoms with Crippen molar-refractivity contribution in [3.8, 4) is 0 Å². The number of carboxylic acid groups (broad SMARTS) is 1. The van der Waals surface area contributed by atoms with E-state index in [2.05, 4.69) is 15.0 Å². The Morgan fingerprint density at radius 3 is 2.58 bits per heavy atom. The normalized spacial score (nSPS) is 14.8. The van der Waals surface area contributed by atoms with Crippen LogP contribution >= 0.6 is 0 Å². The molecule has 0 aliphatic carbocycles. The highest BCUT2D eigenvalue weighted by Crippen LogP contribution is 2.22. The molecule has 2 aromatic heterocycles. The molecule has 134 valence electrons. The molecule has 9 nitrogen and oxygen atoms in total. The predicted octanol–water partition coefficient (Wildman–Crippen LogP) is 0.968. The van der Waals surface area contributed by atoms with Crippen LogP contribution in [0.4, 0.5) is 10.7 Å². The second-order valence-corrected chi connectivity index (χ2v) is 6.14. The molecule has 0 unspecified atom stereocenters. The molecule has 2 N–H and O–H groups in total. The zero-order valence-electron chi connectivity index (χ0n) is 14.0. The molecule has 1 saturated heterocycles. The Morgan fingerprint density at radius 2 is 1.88 bits per heavy atom. The highest BCUT2D eigenvalue weighted by molar-refractivity contribution is 5.74. The number of amides is 1. The molecule has 9 heteroatoms. The summed E-state index contributed by atoms with van der Waals surface area (Å²) >= 11 is 0. The molecule has 0 spiro atoms.